The van der Waals surface area contributed by atoms with Gasteiger partial charge in [0.25, 0.3) is 0 Å². The van der Waals surface area contributed by atoms with Crippen LogP contribution >= 0.6 is 0 Å². The van der Waals surface area contributed by atoms with E-state index in [4.69, 9.17) is 0 Å². The maximum absolute atomic E-state index is 10.4. The molecule has 7 heavy (non-hydrogen) atoms. The highest BCUT2D eigenvalue weighted by Gasteiger charge is 2.50. The third kappa shape index (κ3) is 0.315. The lowest BCUT2D eigenvalue weighted by atomic mass is 10.4. The van der Waals surface area contributed by atoms with E-state index in [0.717, 1.165) is 6.42 Å². The molecule has 0 N–H and O–H groups in total. The van der Waals surface area contributed by atoms with E-state index in [-0.39, 0.29) is 5.97 Å². The number of cyclic esters (lactones) is 1. The molecule has 0 aromatic carbocycles. The molecule has 2 atom stereocenters. The summed E-state index contributed by atoms with van der Waals surface area (Å²) in [5, 5.41) is 0. The Labute approximate surface area is 41.5 Å². The summed E-state index contributed by atoms with van der Waals surface area (Å²) in [4.78, 5) is 10.4. The third-order valence-electron chi connectivity index (χ3n) is 1.67. The lowest BCUT2D eigenvalue weighted by Gasteiger charge is -1.89. The number of hydrogen-bond donors (Lipinski definition) is 0. The minimum absolute atomic E-state index is 0.0324. The van der Waals surface area contributed by atoms with E-state index in [9.17, 15) is 4.79 Å². The van der Waals surface area contributed by atoms with E-state index in [0.29, 0.717) is 18.4 Å². The van der Waals surface area contributed by atoms with Gasteiger partial charge < -0.3 is 4.74 Å². The van der Waals surface area contributed by atoms with Crippen LogP contribution in [0.25, 0.3) is 0 Å². The van der Waals surface area contributed by atoms with Crippen LogP contribution in [0.1, 0.15) is 6.42 Å². The minimum atomic E-state index is 0.0324. The molecule has 2 aliphatic rings. The molecule has 1 aliphatic carbocycles. The van der Waals surface area contributed by atoms with Gasteiger partial charge in [-0.1, -0.05) is 0 Å². The Balaban J connectivity index is 2.21. The minimum Gasteiger partial charge on any atom is -0.465 e. The van der Waals surface area contributed by atoms with Crippen molar-refractivity contribution in [2.45, 2.75) is 6.42 Å². The van der Waals surface area contributed by atoms with Crippen LogP contribution in [0.2, 0.25) is 0 Å². The highest BCUT2D eigenvalue weighted by Crippen LogP contribution is 2.44. The first kappa shape index (κ1) is 3.47. The number of hydrogen-bond acceptors (Lipinski definition) is 2. The van der Waals surface area contributed by atoms with Gasteiger partial charge in [0.1, 0.15) is 0 Å². The number of esters is 1. The van der Waals surface area contributed by atoms with Gasteiger partial charge in [0, 0.05) is 5.92 Å². The summed E-state index contributed by atoms with van der Waals surface area (Å²) in [6.45, 7) is 0.698. The number of rotatable bonds is 0. The highest BCUT2D eigenvalue weighted by molar-refractivity contribution is 5.78. The fourth-order valence-electron chi connectivity index (χ4n) is 1.02. The van der Waals surface area contributed by atoms with Gasteiger partial charge in [-0.05, 0) is 6.42 Å². The van der Waals surface area contributed by atoms with Crippen LogP contribution in [-0.4, -0.2) is 12.6 Å². The summed E-state index contributed by atoms with van der Waals surface area (Å²) in [7, 11) is 0. The number of ether oxygens (including phenoxy) is 1. The molecule has 0 aromatic heterocycles. The maximum Gasteiger partial charge on any atom is 0.309 e. The van der Waals surface area contributed by atoms with Gasteiger partial charge in [-0.25, -0.2) is 0 Å². The first-order valence-electron chi connectivity index (χ1n) is 2.54. The average Bonchev–Trinajstić information content (AvgIpc) is 2.33. The van der Waals surface area contributed by atoms with Crippen LogP contribution in [0, 0.1) is 11.8 Å². The quantitative estimate of drug-likeness (QED) is 0.404. The Morgan fingerprint density at radius 2 is 2.57 bits per heavy atom. The lowest BCUT2D eigenvalue weighted by Crippen LogP contribution is -1.97. The van der Waals surface area contributed by atoms with Gasteiger partial charge in [-0.3, -0.25) is 4.79 Å². The van der Waals surface area contributed by atoms with E-state index >= 15 is 0 Å². The van der Waals surface area contributed by atoms with E-state index in [1.54, 1.807) is 0 Å². The van der Waals surface area contributed by atoms with Crippen molar-refractivity contribution in [3.63, 3.8) is 0 Å². The predicted molar refractivity (Wildman–Crippen MR) is 22.6 cm³/mol. The molecule has 1 heterocycles. The molecule has 1 aliphatic heterocycles. The second-order valence-corrected chi connectivity index (χ2v) is 2.23. The summed E-state index contributed by atoms with van der Waals surface area (Å²) in [5.41, 5.74) is 0. The zero-order valence-corrected chi connectivity index (χ0v) is 3.89. The molecule has 2 rings (SSSR count). The molecule has 0 spiro atoms. The van der Waals surface area contributed by atoms with Crippen molar-refractivity contribution in [3.05, 3.63) is 0 Å². The molecule has 0 amide bonds. The number of carbonyl (C=O) groups is 1. The largest absolute Gasteiger partial charge is 0.465 e. The molecule has 0 aromatic rings. The Morgan fingerprint density at radius 3 is 2.71 bits per heavy atom. The predicted octanol–water partition coefficient (Wildman–Crippen LogP) is 0.179. The van der Waals surface area contributed by atoms with Crippen molar-refractivity contribution in [3.8, 4) is 0 Å². The van der Waals surface area contributed by atoms with Crippen molar-refractivity contribution >= 4 is 5.97 Å². The van der Waals surface area contributed by atoms with Crippen LogP contribution in [0.15, 0.2) is 0 Å². The molecule has 1 saturated carbocycles. The molecule has 0 bridgehead atoms. The highest BCUT2D eigenvalue weighted by atomic mass is 16.5. The molecule has 0 radical (unpaired) electrons. The Bertz CT molecular complexity index is 119. The zero-order valence-electron chi connectivity index (χ0n) is 3.89. The summed E-state index contributed by atoms with van der Waals surface area (Å²) >= 11 is 0. The van der Waals surface area contributed by atoms with Gasteiger partial charge in [-0.2, -0.15) is 0 Å². The summed E-state index contributed by atoms with van der Waals surface area (Å²) in [6.07, 6.45) is 1.10. The maximum atomic E-state index is 10.4. The lowest BCUT2D eigenvalue weighted by molar-refractivity contribution is -0.140. The monoisotopic (exact) mass is 98.0 g/mol. The molecule has 38 valence electrons. The van der Waals surface area contributed by atoms with Gasteiger partial charge in [-0.15, -0.1) is 0 Å². The van der Waals surface area contributed by atoms with Crippen LogP contribution in [0.3, 0.4) is 0 Å². The van der Waals surface area contributed by atoms with Gasteiger partial charge in [0.15, 0.2) is 0 Å². The van der Waals surface area contributed by atoms with Crippen LogP contribution < -0.4 is 0 Å². The van der Waals surface area contributed by atoms with E-state index < -0.39 is 0 Å². The Kier molecular flexibility index (Phi) is 0.412. The van der Waals surface area contributed by atoms with Crippen LogP contribution in [-0.2, 0) is 9.53 Å². The fraction of sp³-hybridized carbons (Fsp3) is 0.800. The van der Waals surface area contributed by atoms with Gasteiger partial charge >= 0.3 is 5.97 Å². The standard InChI is InChI=1S/C5H6O2/c6-5-4-1-3(4)2-7-5/h3-4H,1-2H2/t3?,4-/m0/s1. The normalized spacial score (nSPS) is 45.4. The first-order valence-corrected chi connectivity index (χ1v) is 2.54. The van der Waals surface area contributed by atoms with Gasteiger partial charge in [0.2, 0.25) is 0 Å². The van der Waals surface area contributed by atoms with E-state index in [1.807, 2.05) is 0 Å². The average molecular weight is 98.1 g/mol. The van der Waals surface area contributed by atoms with Crippen molar-refractivity contribution in [1.82, 2.24) is 0 Å². The third-order valence-corrected chi connectivity index (χ3v) is 1.67. The molecule has 2 fully saturated rings. The second-order valence-electron chi connectivity index (χ2n) is 2.23. The van der Waals surface area contributed by atoms with Crippen molar-refractivity contribution in [2.75, 3.05) is 6.61 Å². The number of carbonyl (C=O) groups excluding carboxylic acids is 1. The molecule has 2 nitrogen and oxygen atoms in total. The Hall–Kier alpha value is -0.530. The SMILES string of the molecule is O=C1OCC2C[C@H]12. The van der Waals surface area contributed by atoms with Crippen molar-refractivity contribution in [2.24, 2.45) is 11.8 Å². The van der Waals surface area contributed by atoms with Crippen molar-refractivity contribution in [1.29, 1.82) is 0 Å². The molecular weight excluding hydrogens is 92.1 g/mol. The first-order chi connectivity index (χ1) is 3.38. The van der Waals surface area contributed by atoms with Crippen molar-refractivity contribution < 1.29 is 9.53 Å². The topological polar surface area (TPSA) is 26.3 Å². The molecule has 1 saturated heterocycles. The summed E-state index contributed by atoms with van der Waals surface area (Å²) in [5.74, 6) is 0.970. The van der Waals surface area contributed by atoms with E-state index in [1.165, 1.54) is 0 Å². The molecule has 2 heteroatoms. The smallest absolute Gasteiger partial charge is 0.309 e. The van der Waals surface area contributed by atoms with Crippen LogP contribution in [0.4, 0.5) is 0 Å². The zero-order chi connectivity index (χ0) is 4.85. The second kappa shape index (κ2) is 0.831. The van der Waals surface area contributed by atoms with Crippen LogP contribution in [0.5, 0.6) is 0 Å². The summed E-state index contributed by atoms with van der Waals surface area (Å²) < 4.78 is 4.68. The van der Waals surface area contributed by atoms with Gasteiger partial charge in [0.05, 0.1) is 12.5 Å². The number of fused-ring (bicyclic) bond motifs is 1. The Morgan fingerprint density at radius 1 is 1.71 bits per heavy atom. The fourth-order valence-corrected chi connectivity index (χ4v) is 1.02. The molecule has 1 unspecified atom stereocenters. The van der Waals surface area contributed by atoms with E-state index in [2.05, 4.69) is 4.74 Å². The summed E-state index contributed by atoms with van der Waals surface area (Å²) in [6, 6.07) is 0. The molecular formula is C5H6O2.